The third kappa shape index (κ3) is 3.20. The first-order chi connectivity index (χ1) is 7.33. The zero-order valence-corrected chi connectivity index (χ0v) is 11.1. The summed E-state index contributed by atoms with van der Waals surface area (Å²) in [6, 6.07) is 6.99. The van der Waals surface area contributed by atoms with Crippen molar-refractivity contribution in [3.8, 4) is 0 Å². The molecule has 2 nitrogen and oxygen atoms in total. The largest absolute Gasteiger partial charge is 0.223 e. The van der Waals surface area contributed by atoms with Crippen LogP contribution in [-0.2, 0) is 9.84 Å². The fourth-order valence-electron chi connectivity index (χ4n) is 1.26. The van der Waals surface area contributed by atoms with Gasteiger partial charge in [-0.3, -0.25) is 0 Å². The van der Waals surface area contributed by atoms with Crippen molar-refractivity contribution in [3.05, 3.63) is 41.0 Å². The van der Waals surface area contributed by atoms with Crippen LogP contribution in [0.3, 0.4) is 0 Å². The van der Waals surface area contributed by atoms with E-state index < -0.39 is 9.84 Å². The Morgan fingerprint density at radius 1 is 1.06 bits per heavy atom. The van der Waals surface area contributed by atoms with E-state index in [4.69, 9.17) is 0 Å². The van der Waals surface area contributed by atoms with Crippen LogP contribution in [-0.4, -0.2) is 14.2 Å². The summed E-state index contributed by atoms with van der Waals surface area (Å²) in [5.41, 5.74) is 3.05. The zero-order valence-electron chi connectivity index (χ0n) is 10.2. The Hall–Kier alpha value is -1.09. The topological polar surface area (TPSA) is 34.1 Å². The standard InChI is InChI=1S/C13H18O2S/c1-10(2)12(4)9-16(14,15)13-7-5-11(3)6-8-13/h5-8H,9H2,1-4H3. The second kappa shape index (κ2) is 4.83. The lowest BCUT2D eigenvalue weighted by Gasteiger charge is -2.06. The van der Waals surface area contributed by atoms with Crippen molar-refractivity contribution in [1.82, 2.24) is 0 Å². The molecule has 0 aromatic heterocycles. The van der Waals surface area contributed by atoms with Crippen molar-refractivity contribution in [2.75, 3.05) is 5.75 Å². The maximum Gasteiger partial charge on any atom is 0.182 e. The highest BCUT2D eigenvalue weighted by molar-refractivity contribution is 7.91. The molecule has 0 saturated heterocycles. The number of benzene rings is 1. The van der Waals surface area contributed by atoms with Gasteiger partial charge in [0.15, 0.2) is 9.84 Å². The molecule has 1 aromatic carbocycles. The van der Waals surface area contributed by atoms with E-state index in [9.17, 15) is 8.42 Å². The third-order valence-corrected chi connectivity index (χ3v) is 4.44. The monoisotopic (exact) mass is 238 g/mol. The van der Waals surface area contributed by atoms with Gasteiger partial charge in [-0.25, -0.2) is 8.42 Å². The van der Waals surface area contributed by atoms with Crippen molar-refractivity contribution in [3.63, 3.8) is 0 Å². The Morgan fingerprint density at radius 2 is 1.56 bits per heavy atom. The lowest BCUT2D eigenvalue weighted by Crippen LogP contribution is -2.08. The Balaban J connectivity index is 3.04. The summed E-state index contributed by atoms with van der Waals surface area (Å²) in [5, 5.41) is 0. The van der Waals surface area contributed by atoms with Gasteiger partial charge in [-0.1, -0.05) is 28.8 Å². The van der Waals surface area contributed by atoms with Crippen molar-refractivity contribution in [1.29, 1.82) is 0 Å². The van der Waals surface area contributed by atoms with E-state index in [2.05, 4.69) is 0 Å². The van der Waals surface area contributed by atoms with Gasteiger partial charge in [0.2, 0.25) is 0 Å². The van der Waals surface area contributed by atoms with Gasteiger partial charge in [0, 0.05) is 0 Å². The number of sulfone groups is 1. The predicted molar refractivity (Wildman–Crippen MR) is 67.3 cm³/mol. The first kappa shape index (κ1) is 13.0. The lowest BCUT2D eigenvalue weighted by molar-refractivity contribution is 0.598. The normalized spacial score (nSPS) is 11.2. The van der Waals surface area contributed by atoms with Gasteiger partial charge in [0.25, 0.3) is 0 Å². The third-order valence-electron chi connectivity index (χ3n) is 2.64. The molecular weight excluding hydrogens is 220 g/mol. The fraction of sp³-hybridized carbons (Fsp3) is 0.385. The predicted octanol–water partition coefficient (Wildman–Crippen LogP) is 3.13. The lowest BCUT2D eigenvalue weighted by atomic mass is 10.2. The molecular formula is C13H18O2S. The first-order valence-corrected chi connectivity index (χ1v) is 6.90. The van der Waals surface area contributed by atoms with Gasteiger partial charge in [-0.2, -0.15) is 0 Å². The van der Waals surface area contributed by atoms with Gasteiger partial charge >= 0.3 is 0 Å². The van der Waals surface area contributed by atoms with Crippen LogP contribution >= 0.6 is 0 Å². The zero-order chi connectivity index (χ0) is 12.3. The highest BCUT2D eigenvalue weighted by Crippen LogP contribution is 2.16. The van der Waals surface area contributed by atoms with Crippen LogP contribution in [0.25, 0.3) is 0 Å². The maximum atomic E-state index is 12.0. The van der Waals surface area contributed by atoms with Gasteiger partial charge < -0.3 is 0 Å². The summed E-state index contributed by atoms with van der Waals surface area (Å²) in [5.74, 6) is 0.110. The Kier molecular flexibility index (Phi) is 3.92. The number of hydrogen-bond donors (Lipinski definition) is 0. The fourth-order valence-corrected chi connectivity index (χ4v) is 2.83. The minimum atomic E-state index is -3.18. The smallest absolute Gasteiger partial charge is 0.182 e. The van der Waals surface area contributed by atoms with Crippen LogP contribution in [0.15, 0.2) is 40.3 Å². The molecule has 0 aliphatic rings. The molecule has 0 saturated carbocycles. The first-order valence-electron chi connectivity index (χ1n) is 5.25. The highest BCUT2D eigenvalue weighted by atomic mass is 32.2. The van der Waals surface area contributed by atoms with E-state index in [1.54, 1.807) is 12.1 Å². The second-order valence-electron chi connectivity index (χ2n) is 4.35. The molecule has 88 valence electrons. The molecule has 0 N–H and O–H groups in total. The molecule has 0 amide bonds. The SMILES string of the molecule is CC(C)=C(C)CS(=O)(=O)c1ccc(C)cc1. The van der Waals surface area contributed by atoms with E-state index in [0.717, 1.165) is 16.7 Å². The summed E-state index contributed by atoms with van der Waals surface area (Å²) in [6.07, 6.45) is 0. The molecule has 0 fully saturated rings. The maximum absolute atomic E-state index is 12.0. The van der Waals surface area contributed by atoms with E-state index in [1.165, 1.54) is 0 Å². The van der Waals surface area contributed by atoms with Crippen molar-refractivity contribution >= 4 is 9.84 Å². The Bertz CT molecular complexity index is 489. The molecule has 0 aliphatic heterocycles. The number of hydrogen-bond acceptors (Lipinski definition) is 2. The highest BCUT2D eigenvalue weighted by Gasteiger charge is 2.14. The molecule has 1 rings (SSSR count). The van der Waals surface area contributed by atoms with Crippen LogP contribution in [0.2, 0.25) is 0 Å². The summed E-state index contributed by atoms with van der Waals surface area (Å²) < 4.78 is 24.0. The van der Waals surface area contributed by atoms with Crippen molar-refractivity contribution in [2.45, 2.75) is 32.6 Å². The second-order valence-corrected chi connectivity index (χ2v) is 6.34. The number of allylic oxidation sites excluding steroid dienone is 1. The molecule has 0 radical (unpaired) electrons. The molecule has 3 heteroatoms. The molecule has 0 atom stereocenters. The van der Waals surface area contributed by atoms with Gasteiger partial charge in [-0.15, -0.1) is 0 Å². The van der Waals surface area contributed by atoms with Gasteiger partial charge in [-0.05, 0) is 39.8 Å². The Morgan fingerprint density at radius 3 is 2.00 bits per heavy atom. The molecule has 0 heterocycles. The number of rotatable bonds is 3. The molecule has 1 aromatic rings. The minimum Gasteiger partial charge on any atom is -0.223 e. The van der Waals surface area contributed by atoms with E-state index in [-0.39, 0.29) is 5.75 Å². The van der Waals surface area contributed by atoms with Crippen LogP contribution in [0, 0.1) is 6.92 Å². The van der Waals surface area contributed by atoms with E-state index in [0.29, 0.717) is 4.90 Å². The quantitative estimate of drug-likeness (QED) is 0.758. The Labute approximate surface area is 97.9 Å². The average Bonchev–Trinajstić information content (AvgIpc) is 2.17. The summed E-state index contributed by atoms with van der Waals surface area (Å²) >= 11 is 0. The van der Waals surface area contributed by atoms with E-state index >= 15 is 0 Å². The van der Waals surface area contributed by atoms with Crippen LogP contribution in [0.5, 0.6) is 0 Å². The van der Waals surface area contributed by atoms with Crippen molar-refractivity contribution in [2.24, 2.45) is 0 Å². The molecule has 16 heavy (non-hydrogen) atoms. The number of aryl methyl sites for hydroxylation is 1. The molecule has 0 unspecified atom stereocenters. The summed E-state index contributed by atoms with van der Waals surface area (Å²) in [4.78, 5) is 0.402. The molecule has 0 bridgehead atoms. The van der Waals surface area contributed by atoms with Gasteiger partial charge in [0.05, 0.1) is 10.6 Å². The van der Waals surface area contributed by atoms with Crippen LogP contribution < -0.4 is 0 Å². The van der Waals surface area contributed by atoms with Crippen LogP contribution in [0.4, 0.5) is 0 Å². The van der Waals surface area contributed by atoms with E-state index in [1.807, 2.05) is 39.8 Å². The average molecular weight is 238 g/mol. The summed E-state index contributed by atoms with van der Waals surface area (Å²) in [6.45, 7) is 7.67. The molecule has 0 aliphatic carbocycles. The van der Waals surface area contributed by atoms with Crippen molar-refractivity contribution < 1.29 is 8.42 Å². The van der Waals surface area contributed by atoms with Gasteiger partial charge in [0.1, 0.15) is 0 Å². The summed E-state index contributed by atoms with van der Waals surface area (Å²) in [7, 11) is -3.18. The van der Waals surface area contributed by atoms with Crippen LogP contribution in [0.1, 0.15) is 26.3 Å². The minimum absolute atomic E-state index is 0.110. The molecule has 0 spiro atoms.